The van der Waals surface area contributed by atoms with Gasteiger partial charge in [-0.15, -0.1) is 0 Å². The first-order valence-corrected chi connectivity index (χ1v) is 6.76. The number of rotatable bonds is 1. The molecule has 0 bridgehead atoms. The lowest BCUT2D eigenvalue weighted by molar-refractivity contribution is 1.12. The molecular formula is C19H15. The summed E-state index contributed by atoms with van der Waals surface area (Å²) in [5.74, 6) is 0.413. The number of allylic oxidation sites excluding steroid dienone is 3. The van der Waals surface area contributed by atoms with Crippen molar-refractivity contribution in [3.05, 3.63) is 88.9 Å². The van der Waals surface area contributed by atoms with Crippen LogP contribution in [0.4, 0.5) is 0 Å². The third-order valence-corrected chi connectivity index (χ3v) is 4.16. The second kappa shape index (κ2) is 3.96. The Morgan fingerprint density at radius 1 is 0.842 bits per heavy atom. The molecule has 1 unspecified atom stereocenters. The van der Waals surface area contributed by atoms with E-state index in [1.54, 1.807) is 0 Å². The molecule has 0 fully saturated rings. The molecule has 1 atom stereocenters. The zero-order valence-corrected chi connectivity index (χ0v) is 10.9. The smallest absolute Gasteiger partial charge is 0.0284 e. The lowest BCUT2D eigenvalue weighted by atomic mass is 9.88. The summed E-state index contributed by atoms with van der Waals surface area (Å²) in [7, 11) is 0. The van der Waals surface area contributed by atoms with E-state index in [1.807, 2.05) is 0 Å². The van der Waals surface area contributed by atoms with Crippen LogP contribution in [0.15, 0.2) is 60.2 Å². The van der Waals surface area contributed by atoms with E-state index in [9.17, 15) is 0 Å². The van der Waals surface area contributed by atoms with Gasteiger partial charge in [0.25, 0.3) is 0 Å². The van der Waals surface area contributed by atoms with Crippen LogP contribution >= 0.6 is 0 Å². The van der Waals surface area contributed by atoms with Crippen LogP contribution in [0.2, 0.25) is 0 Å². The maximum Gasteiger partial charge on any atom is 0.0284 e. The zero-order chi connectivity index (χ0) is 12.8. The fourth-order valence-corrected chi connectivity index (χ4v) is 3.31. The van der Waals surface area contributed by atoms with Gasteiger partial charge in [-0.1, -0.05) is 66.3 Å². The predicted octanol–water partition coefficient (Wildman–Crippen LogP) is 4.84. The molecule has 1 radical (unpaired) electrons. The Morgan fingerprint density at radius 2 is 1.58 bits per heavy atom. The van der Waals surface area contributed by atoms with Gasteiger partial charge in [0.2, 0.25) is 0 Å². The van der Waals surface area contributed by atoms with Gasteiger partial charge in [-0.3, -0.25) is 0 Å². The van der Waals surface area contributed by atoms with Crippen molar-refractivity contribution in [1.82, 2.24) is 0 Å². The summed E-state index contributed by atoms with van der Waals surface area (Å²) in [6.45, 7) is 2.23. The van der Waals surface area contributed by atoms with E-state index in [0.717, 1.165) is 0 Å². The highest BCUT2D eigenvalue weighted by Crippen LogP contribution is 2.46. The van der Waals surface area contributed by atoms with E-state index in [0.29, 0.717) is 5.92 Å². The Kier molecular flexibility index (Phi) is 2.25. The van der Waals surface area contributed by atoms with Crippen LogP contribution in [0.25, 0.3) is 11.6 Å². The quantitative estimate of drug-likeness (QED) is 0.672. The number of hydrogen-bond acceptors (Lipinski definition) is 0. The number of fused-ring (bicyclic) bond motifs is 2. The van der Waals surface area contributed by atoms with Crippen molar-refractivity contribution in [1.29, 1.82) is 0 Å². The van der Waals surface area contributed by atoms with Gasteiger partial charge in [-0.2, -0.15) is 0 Å². The first-order valence-electron chi connectivity index (χ1n) is 6.76. The first-order chi connectivity index (χ1) is 9.34. The van der Waals surface area contributed by atoms with Crippen molar-refractivity contribution in [2.24, 2.45) is 0 Å². The Balaban J connectivity index is 1.87. The van der Waals surface area contributed by atoms with Crippen LogP contribution in [0.1, 0.15) is 35.1 Å². The molecule has 2 aliphatic carbocycles. The summed E-state index contributed by atoms with van der Waals surface area (Å²) in [6, 6.07) is 17.4. The molecule has 0 heterocycles. The molecule has 0 amide bonds. The van der Waals surface area contributed by atoms with Crippen LogP contribution in [-0.2, 0) is 0 Å². The summed E-state index contributed by atoms with van der Waals surface area (Å²) in [4.78, 5) is 0. The fraction of sp³-hybridized carbons (Fsp3) is 0.105. The minimum atomic E-state index is 0.413. The summed E-state index contributed by atoms with van der Waals surface area (Å²) in [5.41, 5.74) is 8.41. The van der Waals surface area contributed by atoms with E-state index < -0.39 is 0 Å². The standard InChI is InChI=1S/C19H15/c1-13-12-15-7-3-5-9-17(15)19(13)18-11-10-14-6-2-4-8-16(14)18/h2-12,18H,1H3. The second-order valence-corrected chi connectivity index (χ2v) is 5.29. The molecule has 0 spiro atoms. The zero-order valence-electron chi connectivity index (χ0n) is 10.9. The van der Waals surface area contributed by atoms with Gasteiger partial charge in [0.05, 0.1) is 0 Å². The topological polar surface area (TPSA) is 0 Å². The van der Waals surface area contributed by atoms with E-state index in [2.05, 4.69) is 74.0 Å². The van der Waals surface area contributed by atoms with Crippen molar-refractivity contribution in [3.63, 3.8) is 0 Å². The second-order valence-electron chi connectivity index (χ2n) is 5.29. The average molecular weight is 243 g/mol. The molecule has 91 valence electrons. The highest BCUT2D eigenvalue weighted by molar-refractivity contribution is 5.88. The number of hydrogen-bond donors (Lipinski definition) is 0. The molecule has 0 N–H and O–H groups in total. The van der Waals surface area contributed by atoms with E-state index in [1.165, 1.54) is 33.4 Å². The van der Waals surface area contributed by atoms with Gasteiger partial charge in [0, 0.05) is 12.3 Å². The predicted molar refractivity (Wildman–Crippen MR) is 80.7 cm³/mol. The molecule has 0 saturated heterocycles. The van der Waals surface area contributed by atoms with Crippen molar-refractivity contribution in [3.8, 4) is 0 Å². The normalized spacial score (nSPS) is 19.7. The van der Waals surface area contributed by atoms with Gasteiger partial charge < -0.3 is 0 Å². The fourth-order valence-electron chi connectivity index (χ4n) is 3.31. The van der Waals surface area contributed by atoms with E-state index in [-0.39, 0.29) is 0 Å². The van der Waals surface area contributed by atoms with Crippen molar-refractivity contribution in [2.75, 3.05) is 0 Å². The van der Waals surface area contributed by atoms with Gasteiger partial charge >= 0.3 is 0 Å². The summed E-state index contributed by atoms with van der Waals surface area (Å²) < 4.78 is 0. The van der Waals surface area contributed by atoms with Crippen LogP contribution in [0, 0.1) is 6.42 Å². The molecule has 0 heteroatoms. The molecule has 0 saturated carbocycles. The van der Waals surface area contributed by atoms with Gasteiger partial charge in [0.15, 0.2) is 0 Å². The molecule has 0 nitrogen and oxygen atoms in total. The highest BCUT2D eigenvalue weighted by Gasteiger charge is 2.28. The Labute approximate surface area is 114 Å². The van der Waals surface area contributed by atoms with Crippen LogP contribution < -0.4 is 0 Å². The van der Waals surface area contributed by atoms with Crippen LogP contribution in [-0.4, -0.2) is 0 Å². The molecule has 0 aliphatic heterocycles. The molecule has 2 aromatic carbocycles. The molecule has 2 aliphatic rings. The molecule has 4 rings (SSSR count). The Morgan fingerprint density at radius 3 is 2.47 bits per heavy atom. The SMILES string of the molecule is CC1=C(C2C=Cc3ccccc32)c2ccccc2[CH]1. The summed E-state index contributed by atoms with van der Waals surface area (Å²) in [6.07, 6.45) is 6.89. The lowest BCUT2D eigenvalue weighted by Crippen LogP contribution is -1.97. The molecule has 2 aromatic rings. The minimum Gasteiger partial charge on any atom is -0.0720 e. The Hall–Kier alpha value is -2.08. The van der Waals surface area contributed by atoms with Gasteiger partial charge in [0.1, 0.15) is 0 Å². The van der Waals surface area contributed by atoms with E-state index >= 15 is 0 Å². The lowest BCUT2D eigenvalue weighted by Gasteiger charge is -2.15. The minimum absolute atomic E-state index is 0.413. The average Bonchev–Trinajstić information content (AvgIpc) is 2.98. The summed E-state index contributed by atoms with van der Waals surface area (Å²) >= 11 is 0. The van der Waals surface area contributed by atoms with Crippen molar-refractivity contribution in [2.45, 2.75) is 12.8 Å². The largest absolute Gasteiger partial charge is 0.0720 e. The Bertz CT molecular complexity index is 716. The maximum absolute atomic E-state index is 2.33. The molecule has 19 heavy (non-hydrogen) atoms. The van der Waals surface area contributed by atoms with E-state index in [4.69, 9.17) is 0 Å². The third kappa shape index (κ3) is 1.53. The molecular weight excluding hydrogens is 228 g/mol. The highest BCUT2D eigenvalue weighted by atomic mass is 14.3. The van der Waals surface area contributed by atoms with Crippen LogP contribution in [0.5, 0.6) is 0 Å². The monoisotopic (exact) mass is 243 g/mol. The van der Waals surface area contributed by atoms with Crippen LogP contribution in [0.3, 0.4) is 0 Å². The van der Waals surface area contributed by atoms with Crippen molar-refractivity contribution >= 4 is 11.6 Å². The van der Waals surface area contributed by atoms with Crippen molar-refractivity contribution < 1.29 is 0 Å². The molecule has 0 aromatic heterocycles. The first kappa shape index (κ1) is 10.8. The number of benzene rings is 2. The van der Waals surface area contributed by atoms with Gasteiger partial charge in [-0.05, 0) is 34.8 Å². The third-order valence-electron chi connectivity index (χ3n) is 4.16. The van der Waals surface area contributed by atoms with Gasteiger partial charge in [-0.25, -0.2) is 0 Å². The summed E-state index contributed by atoms with van der Waals surface area (Å²) in [5, 5.41) is 0. The maximum atomic E-state index is 2.33.